The van der Waals surface area contributed by atoms with Crippen molar-refractivity contribution < 1.29 is 0 Å². The van der Waals surface area contributed by atoms with Crippen molar-refractivity contribution in [2.45, 2.75) is 10.3 Å². The molecule has 2 aromatic rings. The fourth-order valence-electron chi connectivity index (χ4n) is 1.60. The number of nitrogens with one attached hydrogen (secondary N) is 1. The predicted octanol–water partition coefficient (Wildman–Crippen LogP) is 3.68. The molecule has 0 aliphatic carbocycles. The minimum Gasteiger partial charge on any atom is -0.382 e. The van der Waals surface area contributed by atoms with Crippen LogP contribution in [0.2, 0.25) is 10.0 Å². The molecule has 0 radical (unpaired) electrons. The van der Waals surface area contributed by atoms with E-state index in [2.05, 4.69) is 10.1 Å². The molecule has 1 aromatic carbocycles. The molecule has 0 saturated heterocycles. The first-order valence-electron chi connectivity index (χ1n) is 5.49. The molecule has 0 amide bonds. The number of nitrogens with two attached hydrogens (primary N) is 1. The maximum Gasteiger partial charge on any atom is 0.240 e. The molecule has 5 nitrogen and oxygen atoms in total. The van der Waals surface area contributed by atoms with Crippen LogP contribution in [0.15, 0.2) is 18.2 Å². The van der Waals surface area contributed by atoms with Crippen molar-refractivity contribution in [1.82, 2.24) is 14.8 Å². The van der Waals surface area contributed by atoms with Gasteiger partial charge in [-0.2, -0.15) is 10.1 Å². The monoisotopic (exact) mass is 385 g/mol. The summed E-state index contributed by atoms with van der Waals surface area (Å²) in [6, 6.07) is 5.00. The number of rotatable bonds is 2. The van der Waals surface area contributed by atoms with Crippen molar-refractivity contribution in [3.05, 3.63) is 33.9 Å². The van der Waals surface area contributed by atoms with Crippen LogP contribution in [0.1, 0.15) is 0 Å². The van der Waals surface area contributed by atoms with Crippen molar-refractivity contribution in [2.24, 2.45) is 0 Å². The number of hydrogen-bond donors (Lipinski definition) is 2. The van der Waals surface area contributed by atoms with Crippen LogP contribution in [0.3, 0.4) is 0 Å². The molecular formula is C11H8Cl5N5. The van der Waals surface area contributed by atoms with Crippen LogP contribution in [-0.4, -0.2) is 18.6 Å². The van der Waals surface area contributed by atoms with Crippen molar-refractivity contribution in [1.29, 1.82) is 5.41 Å². The number of halogens is 5. The van der Waals surface area contributed by atoms with Gasteiger partial charge in [-0.15, -0.1) is 0 Å². The first kappa shape index (κ1) is 16.6. The lowest BCUT2D eigenvalue weighted by atomic mass is 10.1. The summed E-state index contributed by atoms with van der Waals surface area (Å²) in [5.74, 6) is 0.0322. The van der Waals surface area contributed by atoms with Gasteiger partial charge in [-0.1, -0.05) is 70.1 Å². The third-order valence-electron chi connectivity index (χ3n) is 2.47. The van der Waals surface area contributed by atoms with Crippen molar-refractivity contribution in [2.75, 3.05) is 5.73 Å². The topological polar surface area (TPSA) is 80.6 Å². The van der Waals surface area contributed by atoms with Crippen LogP contribution in [0.4, 0.5) is 5.82 Å². The van der Waals surface area contributed by atoms with Gasteiger partial charge in [-0.05, 0) is 6.07 Å². The normalized spacial score (nSPS) is 11.7. The van der Waals surface area contributed by atoms with Gasteiger partial charge in [0.1, 0.15) is 5.69 Å². The van der Waals surface area contributed by atoms with Gasteiger partial charge in [0.05, 0.1) is 16.6 Å². The van der Waals surface area contributed by atoms with Crippen LogP contribution in [-0.2, 0) is 6.54 Å². The van der Waals surface area contributed by atoms with Gasteiger partial charge in [0, 0.05) is 5.56 Å². The Kier molecular flexibility index (Phi) is 4.90. The largest absolute Gasteiger partial charge is 0.382 e. The van der Waals surface area contributed by atoms with Gasteiger partial charge in [0.15, 0.2) is 5.82 Å². The molecule has 2 rings (SSSR count). The van der Waals surface area contributed by atoms with Gasteiger partial charge in [-0.3, -0.25) is 5.41 Å². The summed E-state index contributed by atoms with van der Waals surface area (Å²) in [6.07, 6.45) is 0. The molecule has 21 heavy (non-hydrogen) atoms. The first-order valence-corrected chi connectivity index (χ1v) is 7.38. The van der Waals surface area contributed by atoms with E-state index in [4.69, 9.17) is 69.1 Å². The number of nitrogen functional groups attached to an aromatic ring is 1. The zero-order chi connectivity index (χ0) is 15.8. The number of benzene rings is 1. The number of anilines is 1. The average molecular weight is 387 g/mol. The highest BCUT2D eigenvalue weighted by Crippen LogP contribution is 2.34. The molecule has 112 valence electrons. The molecule has 0 atom stereocenters. The molecule has 1 aromatic heterocycles. The van der Waals surface area contributed by atoms with E-state index in [0.29, 0.717) is 10.6 Å². The van der Waals surface area contributed by atoms with Crippen LogP contribution < -0.4 is 11.4 Å². The SMILES string of the molecule is N=c1nc(N)c(-c2cccc(Cl)c2Cl)nn1CC(Cl)(Cl)Cl. The van der Waals surface area contributed by atoms with Gasteiger partial charge in [-0.25, -0.2) is 4.68 Å². The molecule has 1 heterocycles. The second kappa shape index (κ2) is 6.18. The van der Waals surface area contributed by atoms with Gasteiger partial charge < -0.3 is 5.73 Å². The zero-order valence-electron chi connectivity index (χ0n) is 10.2. The molecule has 0 saturated carbocycles. The molecule has 0 aliphatic heterocycles. The third kappa shape index (κ3) is 3.93. The summed E-state index contributed by atoms with van der Waals surface area (Å²) in [5, 5.41) is 12.5. The molecule has 0 fully saturated rings. The summed E-state index contributed by atoms with van der Waals surface area (Å²) in [4.78, 5) is 3.87. The number of aromatic nitrogens is 3. The average Bonchev–Trinajstić information content (AvgIpc) is 2.35. The lowest BCUT2D eigenvalue weighted by Gasteiger charge is -2.15. The maximum absolute atomic E-state index is 7.72. The van der Waals surface area contributed by atoms with E-state index >= 15 is 0 Å². The Morgan fingerprint density at radius 2 is 1.90 bits per heavy atom. The van der Waals surface area contributed by atoms with Crippen molar-refractivity contribution in [3.8, 4) is 11.3 Å². The van der Waals surface area contributed by atoms with E-state index in [9.17, 15) is 0 Å². The molecule has 10 heteroatoms. The van der Waals surface area contributed by atoms with Crippen LogP contribution in [0, 0.1) is 5.41 Å². The molecule has 0 aliphatic rings. The van der Waals surface area contributed by atoms with Crippen LogP contribution >= 0.6 is 58.0 Å². The fourth-order valence-corrected chi connectivity index (χ4v) is 2.33. The Morgan fingerprint density at radius 1 is 1.24 bits per heavy atom. The number of alkyl halides is 3. The standard InChI is InChI=1S/C11H8Cl5N5/c12-6-3-1-2-5(7(6)13)8-9(17)19-10(18)21(20-8)4-11(14,15)16/h1-3H,4H2,(H3,17,18,19). The maximum atomic E-state index is 7.72. The summed E-state index contributed by atoms with van der Waals surface area (Å²) in [7, 11) is 0. The highest BCUT2D eigenvalue weighted by Gasteiger charge is 2.23. The lowest BCUT2D eigenvalue weighted by molar-refractivity contribution is 0.554. The van der Waals surface area contributed by atoms with Gasteiger partial charge in [0.25, 0.3) is 0 Å². The van der Waals surface area contributed by atoms with Gasteiger partial charge >= 0.3 is 0 Å². The van der Waals surface area contributed by atoms with E-state index < -0.39 is 3.79 Å². The predicted molar refractivity (Wildman–Crippen MR) is 86.0 cm³/mol. The third-order valence-corrected chi connectivity index (χ3v) is 3.65. The summed E-state index contributed by atoms with van der Waals surface area (Å²) in [5.41, 5.74) is 6.30. The minimum atomic E-state index is -1.62. The Bertz CT molecular complexity index is 737. The smallest absolute Gasteiger partial charge is 0.240 e. The Balaban J connectivity index is 2.62. The Hall–Kier alpha value is -0.720. The zero-order valence-corrected chi connectivity index (χ0v) is 14.0. The van der Waals surface area contributed by atoms with E-state index in [1.165, 1.54) is 0 Å². The Morgan fingerprint density at radius 3 is 2.52 bits per heavy atom. The summed E-state index contributed by atoms with van der Waals surface area (Å²) >= 11 is 29.2. The van der Waals surface area contributed by atoms with E-state index in [-0.39, 0.29) is 28.7 Å². The second-order valence-electron chi connectivity index (χ2n) is 4.04. The number of hydrogen-bond acceptors (Lipinski definition) is 4. The van der Waals surface area contributed by atoms with Crippen molar-refractivity contribution >= 4 is 63.8 Å². The quantitative estimate of drug-likeness (QED) is 0.772. The van der Waals surface area contributed by atoms with E-state index in [1.807, 2.05) is 0 Å². The van der Waals surface area contributed by atoms with Crippen molar-refractivity contribution in [3.63, 3.8) is 0 Å². The lowest BCUT2D eigenvalue weighted by Crippen LogP contribution is -2.32. The van der Waals surface area contributed by atoms with Crippen LogP contribution in [0.25, 0.3) is 11.3 Å². The van der Waals surface area contributed by atoms with E-state index in [1.54, 1.807) is 18.2 Å². The fraction of sp³-hybridized carbons (Fsp3) is 0.182. The van der Waals surface area contributed by atoms with Crippen LogP contribution in [0.5, 0.6) is 0 Å². The molecule has 0 bridgehead atoms. The molecular weight excluding hydrogens is 379 g/mol. The number of nitrogens with zero attached hydrogens (tertiary/aromatic N) is 3. The molecule has 0 unspecified atom stereocenters. The highest BCUT2D eigenvalue weighted by atomic mass is 35.6. The highest BCUT2D eigenvalue weighted by molar-refractivity contribution is 6.67. The Labute approximate surface area is 145 Å². The summed E-state index contributed by atoms with van der Waals surface area (Å²) < 4.78 is -0.503. The molecule has 3 N–H and O–H groups in total. The minimum absolute atomic E-state index is 0.0322. The molecule has 0 spiro atoms. The second-order valence-corrected chi connectivity index (χ2v) is 7.34. The van der Waals surface area contributed by atoms with Gasteiger partial charge in [0.2, 0.25) is 9.41 Å². The first-order chi connectivity index (χ1) is 9.69. The van der Waals surface area contributed by atoms with E-state index in [0.717, 1.165) is 4.68 Å². The summed E-state index contributed by atoms with van der Waals surface area (Å²) in [6.45, 7) is -0.158.